The van der Waals surface area contributed by atoms with Crippen LogP contribution >= 0.6 is 27.5 Å². The first-order valence-corrected chi connectivity index (χ1v) is 8.69. The van der Waals surface area contributed by atoms with Crippen LogP contribution < -0.4 is 4.72 Å². The van der Waals surface area contributed by atoms with Gasteiger partial charge < -0.3 is 4.74 Å². The lowest BCUT2D eigenvalue weighted by Crippen LogP contribution is -2.18. The Morgan fingerprint density at radius 2 is 2.23 bits per heavy atom. The van der Waals surface area contributed by atoms with Crippen LogP contribution in [-0.2, 0) is 14.8 Å². The normalized spacial score (nSPS) is 11.2. The van der Waals surface area contributed by atoms with Gasteiger partial charge >= 0.3 is 5.97 Å². The average Bonchev–Trinajstić information content (AvgIpc) is 2.92. The summed E-state index contributed by atoms with van der Waals surface area (Å²) in [4.78, 5) is 11.7. The van der Waals surface area contributed by atoms with Crippen molar-refractivity contribution in [3.63, 3.8) is 0 Å². The van der Waals surface area contributed by atoms with Gasteiger partial charge in [-0.3, -0.25) is 9.82 Å². The fourth-order valence-electron chi connectivity index (χ4n) is 1.60. The highest BCUT2D eigenvalue weighted by Gasteiger charge is 2.26. The van der Waals surface area contributed by atoms with Crippen molar-refractivity contribution in [1.82, 2.24) is 10.2 Å². The molecule has 22 heavy (non-hydrogen) atoms. The molecule has 1 heterocycles. The van der Waals surface area contributed by atoms with Crippen molar-refractivity contribution < 1.29 is 17.9 Å². The Labute approximate surface area is 140 Å². The van der Waals surface area contributed by atoms with E-state index in [1.165, 1.54) is 6.07 Å². The van der Waals surface area contributed by atoms with E-state index < -0.39 is 16.0 Å². The van der Waals surface area contributed by atoms with E-state index in [1.807, 2.05) is 0 Å². The molecule has 0 aliphatic carbocycles. The van der Waals surface area contributed by atoms with Crippen LogP contribution in [0.25, 0.3) is 0 Å². The molecule has 0 radical (unpaired) electrons. The van der Waals surface area contributed by atoms with Gasteiger partial charge in [0.05, 0.1) is 23.5 Å². The van der Waals surface area contributed by atoms with E-state index >= 15 is 0 Å². The number of benzene rings is 1. The molecule has 0 unspecified atom stereocenters. The molecule has 0 aliphatic rings. The predicted molar refractivity (Wildman–Crippen MR) is 84.5 cm³/mol. The van der Waals surface area contributed by atoms with Crippen LogP contribution in [-0.4, -0.2) is 31.2 Å². The smallest absolute Gasteiger partial charge is 0.342 e. The number of carbonyl (C=O) groups is 1. The van der Waals surface area contributed by atoms with E-state index in [2.05, 4.69) is 30.8 Å². The van der Waals surface area contributed by atoms with Crippen molar-refractivity contribution in [2.45, 2.75) is 11.9 Å². The maximum Gasteiger partial charge on any atom is 0.342 e. The summed E-state index contributed by atoms with van der Waals surface area (Å²) >= 11 is 9.20. The molecule has 0 amide bonds. The number of carbonyl (C=O) groups excluding carboxylic acids is 1. The first-order chi connectivity index (χ1) is 10.3. The van der Waals surface area contributed by atoms with Crippen molar-refractivity contribution >= 4 is 49.2 Å². The van der Waals surface area contributed by atoms with E-state index in [-0.39, 0.29) is 27.9 Å². The van der Waals surface area contributed by atoms with Crippen LogP contribution in [0.4, 0.5) is 5.69 Å². The second kappa shape index (κ2) is 6.67. The van der Waals surface area contributed by atoms with Gasteiger partial charge in [0.25, 0.3) is 10.0 Å². The number of aromatic amines is 1. The molecule has 0 bridgehead atoms. The number of esters is 1. The number of sulfonamides is 1. The van der Waals surface area contributed by atoms with Crippen molar-refractivity contribution in [3.05, 3.63) is 39.5 Å². The number of halogens is 2. The zero-order chi connectivity index (χ0) is 16.3. The van der Waals surface area contributed by atoms with Gasteiger partial charge in [-0.05, 0) is 25.1 Å². The molecule has 0 spiro atoms. The Hall–Kier alpha value is -1.58. The van der Waals surface area contributed by atoms with Crippen LogP contribution in [0, 0.1) is 0 Å². The number of nitrogens with zero attached hydrogens (tertiary/aromatic N) is 1. The van der Waals surface area contributed by atoms with Crippen LogP contribution in [0.2, 0.25) is 5.02 Å². The lowest BCUT2D eigenvalue weighted by molar-refractivity contribution is 0.0522. The van der Waals surface area contributed by atoms with E-state index in [4.69, 9.17) is 16.3 Å². The predicted octanol–water partition coefficient (Wildman–Crippen LogP) is 2.80. The molecule has 0 aliphatic heterocycles. The number of rotatable bonds is 5. The lowest BCUT2D eigenvalue weighted by atomic mass is 10.3. The first kappa shape index (κ1) is 16.8. The number of ether oxygens (including phenoxy) is 1. The van der Waals surface area contributed by atoms with Gasteiger partial charge in [0.15, 0.2) is 5.03 Å². The zero-order valence-corrected chi connectivity index (χ0v) is 14.4. The average molecular weight is 409 g/mol. The molecular formula is C12H11BrClN3O4S. The van der Waals surface area contributed by atoms with Gasteiger partial charge in [-0.25, -0.2) is 4.79 Å². The van der Waals surface area contributed by atoms with Crippen LogP contribution in [0.5, 0.6) is 0 Å². The third-order valence-corrected chi connectivity index (χ3v) is 4.69. The van der Waals surface area contributed by atoms with Crippen LogP contribution in [0.15, 0.2) is 33.9 Å². The summed E-state index contributed by atoms with van der Waals surface area (Å²) in [6, 6.07) is 4.66. The lowest BCUT2D eigenvalue weighted by Gasteiger charge is -2.09. The van der Waals surface area contributed by atoms with Gasteiger partial charge in [0.2, 0.25) is 0 Å². The molecule has 2 aromatic rings. The summed E-state index contributed by atoms with van der Waals surface area (Å²) < 4.78 is 32.5. The molecule has 0 fully saturated rings. The molecule has 1 aromatic heterocycles. The molecule has 7 nitrogen and oxygen atoms in total. The summed E-state index contributed by atoms with van der Waals surface area (Å²) in [5.74, 6) is -0.779. The van der Waals surface area contributed by atoms with E-state index in [1.54, 1.807) is 19.1 Å². The third kappa shape index (κ3) is 3.60. The number of nitrogens with one attached hydrogen (secondary N) is 2. The van der Waals surface area contributed by atoms with Crippen LogP contribution in [0.1, 0.15) is 17.3 Å². The quantitative estimate of drug-likeness (QED) is 0.741. The summed E-state index contributed by atoms with van der Waals surface area (Å²) in [7, 11) is -4.07. The summed E-state index contributed by atoms with van der Waals surface area (Å²) in [6.45, 7) is 1.74. The van der Waals surface area contributed by atoms with Gasteiger partial charge in [-0.1, -0.05) is 27.5 Å². The van der Waals surface area contributed by atoms with Crippen molar-refractivity contribution in [3.8, 4) is 0 Å². The Kier molecular flexibility index (Phi) is 5.09. The molecule has 118 valence electrons. The molecule has 2 N–H and O–H groups in total. The Morgan fingerprint density at radius 3 is 2.86 bits per heavy atom. The third-order valence-electron chi connectivity index (χ3n) is 2.54. The minimum absolute atomic E-state index is 0.121. The molecule has 0 saturated carbocycles. The maximum absolute atomic E-state index is 12.4. The molecule has 0 atom stereocenters. The standard InChI is InChI=1S/C12H11BrClN3O4S/c1-2-21-12(18)8-6-15-16-11(8)22(19,20)17-10-4-3-7(13)5-9(10)14/h3-6,17H,2H2,1H3,(H,15,16). The van der Waals surface area contributed by atoms with E-state index in [0.717, 1.165) is 6.20 Å². The first-order valence-electron chi connectivity index (χ1n) is 6.03. The monoisotopic (exact) mass is 407 g/mol. The molecule has 2 rings (SSSR count). The number of H-pyrrole nitrogens is 1. The van der Waals surface area contributed by atoms with Gasteiger partial charge in [-0.2, -0.15) is 13.5 Å². The van der Waals surface area contributed by atoms with Crippen molar-refractivity contribution in [2.75, 3.05) is 11.3 Å². The highest BCUT2D eigenvalue weighted by molar-refractivity contribution is 9.10. The fourth-order valence-corrected chi connectivity index (χ4v) is 3.55. The summed E-state index contributed by atoms with van der Waals surface area (Å²) in [5.41, 5.74) is -0.00291. The highest BCUT2D eigenvalue weighted by Crippen LogP contribution is 2.28. The summed E-state index contributed by atoms with van der Waals surface area (Å²) in [6.07, 6.45) is 1.09. The number of hydrogen-bond acceptors (Lipinski definition) is 5. The highest BCUT2D eigenvalue weighted by atomic mass is 79.9. The summed E-state index contributed by atoms with van der Waals surface area (Å²) in [5, 5.41) is 5.69. The topological polar surface area (TPSA) is 101 Å². The zero-order valence-electron chi connectivity index (χ0n) is 11.3. The maximum atomic E-state index is 12.4. The number of hydrogen-bond donors (Lipinski definition) is 2. The number of aromatic nitrogens is 2. The molecule has 10 heteroatoms. The second-order valence-electron chi connectivity index (χ2n) is 4.06. The van der Waals surface area contributed by atoms with Crippen molar-refractivity contribution in [1.29, 1.82) is 0 Å². The fraction of sp³-hybridized carbons (Fsp3) is 0.167. The molecule has 0 saturated heterocycles. The minimum Gasteiger partial charge on any atom is -0.462 e. The molecule has 1 aromatic carbocycles. The van der Waals surface area contributed by atoms with Crippen LogP contribution in [0.3, 0.4) is 0 Å². The van der Waals surface area contributed by atoms with Gasteiger partial charge in [0, 0.05) is 4.47 Å². The Bertz CT molecular complexity index is 806. The van der Waals surface area contributed by atoms with E-state index in [0.29, 0.717) is 4.47 Å². The number of anilines is 1. The van der Waals surface area contributed by atoms with E-state index in [9.17, 15) is 13.2 Å². The minimum atomic E-state index is -4.07. The second-order valence-corrected chi connectivity index (χ2v) is 7.01. The Balaban J connectivity index is 2.35. The van der Waals surface area contributed by atoms with Gasteiger partial charge in [0.1, 0.15) is 5.56 Å². The SMILES string of the molecule is CCOC(=O)c1cn[nH]c1S(=O)(=O)Nc1ccc(Br)cc1Cl. The van der Waals surface area contributed by atoms with Gasteiger partial charge in [-0.15, -0.1) is 0 Å². The Morgan fingerprint density at radius 1 is 1.50 bits per heavy atom. The largest absolute Gasteiger partial charge is 0.462 e. The van der Waals surface area contributed by atoms with Crippen molar-refractivity contribution in [2.24, 2.45) is 0 Å². The molecular weight excluding hydrogens is 398 g/mol.